The smallest absolute Gasteiger partial charge is 0.266 e. The molecular formula is C20H19N7O. The number of aromatic nitrogens is 6. The number of hydrogen-bond donors (Lipinski definition) is 0. The molecule has 1 atom stereocenters. The van der Waals surface area contributed by atoms with Gasteiger partial charge in [-0.1, -0.05) is 6.07 Å². The summed E-state index contributed by atoms with van der Waals surface area (Å²) in [6, 6.07) is 13.1. The van der Waals surface area contributed by atoms with E-state index in [4.69, 9.17) is 0 Å². The topological polar surface area (TPSA) is 81.2 Å². The van der Waals surface area contributed by atoms with Crippen LogP contribution in [0.4, 0.5) is 5.95 Å². The van der Waals surface area contributed by atoms with E-state index in [2.05, 4.69) is 25.2 Å². The molecule has 1 aliphatic heterocycles. The van der Waals surface area contributed by atoms with Crippen LogP contribution in [-0.2, 0) is 6.54 Å². The van der Waals surface area contributed by atoms with Gasteiger partial charge in [0.15, 0.2) is 5.65 Å². The molecule has 0 spiro atoms. The minimum atomic E-state index is -0.106. The van der Waals surface area contributed by atoms with Crippen molar-refractivity contribution >= 4 is 11.6 Å². The molecule has 0 radical (unpaired) electrons. The quantitative estimate of drug-likeness (QED) is 0.544. The molecule has 0 amide bonds. The largest absolute Gasteiger partial charge is 0.336 e. The lowest BCUT2D eigenvalue weighted by Crippen LogP contribution is -2.38. The fourth-order valence-corrected chi connectivity index (χ4v) is 3.76. The molecule has 140 valence electrons. The lowest BCUT2D eigenvalue weighted by molar-refractivity contribution is 0.486. The highest BCUT2D eigenvalue weighted by atomic mass is 16.1. The number of anilines is 1. The molecule has 0 bridgehead atoms. The Kier molecular flexibility index (Phi) is 4.08. The zero-order chi connectivity index (χ0) is 18.9. The summed E-state index contributed by atoms with van der Waals surface area (Å²) in [6.45, 7) is 1.39. The number of rotatable bonds is 4. The van der Waals surface area contributed by atoms with Crippen LogP contribution in [0.2, 0.25) is 0 Å². The first kappa shape index (κ1) is 16.6. The Hall–Kier alpha value is -3.55. The van der Waals surface area contributed by atoms with Crippen LogP contribution in [0.25, 0.3) is 16.9 Å². The van der Waals surface area contributed by atoms with Crippen molar-refractivity contribution in [1.29, 1.82) is 0 Å². The molecule has 0 saturated carbocycles. The van der Waals surface area contributed by atoms with E-state index in [0.717, 1.165) is 42.2 Å². The predicted octanol–water partition coefficient (Wildman–Crippen LogP) is 2.02. The van der Waals surface area contributed by atoms with Crippen molar-refractivity contribution in [3.63, 3.8) is 0 Å². The van der Waals surface area contributed by atoms with E-state index >= 15 is 0 Å². The second-order valence-corrected chi connectivity index (χ2v) is 6.90. The van der Waals surface area contributed by atoms with E-state index in [1.807, 2.05) is 40.9 Å². The predicted molar refractivity (Wildman–Crippen MR) is 105 cm³/mol. The molecule has 1 fully saturated rings. The zero-order valence-corrected chi connectivity index (χ0v) is 15.2. The molecule has 8 heteroatoms. The number of hydrogen-bond acceptors (Lipinski definition) is 6. The molecular weight excluding hydrogens is 354 g/mol. The molecule has 1 unspecified atom stereocenters. The number of fused-ring (bicyclic) bond motifs is 1. The van der Waals surface area contributed by atoms with Crippen molar-refractivity contribution < 1.29 is 0 Å². The van der Waals surface area contributed by atoms with Gasteiger partial charge >= 0.3 is 0 Å². The van der Waals surface area contributed by atoms with Gasteiger partial charge in [0.1, 0.15) is 0 Å². The second kappa shape index (κ2) is 6.88. The van der Waals surface area contributed by atoms with Gasteiger partial charge in [-0.15, -0.1) is 10.2 Å². The third kappa shape index (κ3) is 2.92. The first-order valence-corrected chi connectivity index (χ1v) is 9.34. The van der Waals surface area contributed by atoms with Crippen molar-refractivity contribution in [2.75, 3.05) is 11.4 Å². The maximum Gasteiger partial charge on any atom is 0.266 e. The summed E-state index contributed by atoms with van der Waals surface area (Å²) in [7, 11) is 0. The molecule has 8 nitrogen and oxygen atoms in total. The van der Waals surface area contributed by atoms with Gasteiger partial charge in [-0.05, 0) is 43.2 Å². The molecule has 1 aliphatic rings. The molecule has 28 heavy (non-hydrogen) atoms. The Labute approximate surface area is 161 Å². The van der Waals surface area contributed by atoms with Gasteiger partial charge in [0.05, 0.1) is 18.3 Å². The van der Waals surface area contributed by atoms with Gasteiger partial charge in [0, 0.05) is 36.8 Å². The second-order valence-electron chi connectivity index (χ2n) is 6.90. The highest BCUT2D eigenvalue weighted by Crippen LogP contribution is 2.25. The minimum absolute atomic E-state index is 0.106. The first-order chi connectivity index (χ1) is 13.8. The van der Waals surface area contributed by atoms with Crippen LogP contribution >= 0.6 is 0 Å². The maximum absolute atomic E-state index is 12.4. The van der Waals surface area contributed by atoms with Crippen LogP contribution in [-0.4, -0.2) is 41.9 Å². The average molecular weight is 373 g/mol. The summed E-state index contributed by atoms with van der Waals surface area (Å²) >= 11 is 0. The van der Waals surface area contributed by atoms with E-state index < -0.39 is 0 Å². The molecule has 0 aromatic carbocycles. The summed E-state index contributed by atoms with van der Waals surface area (Å²) in [5.74, 6) is 0.814. The summed E-state index contributed by atoms with van der Waals surface area (Å²) in [6.07, 6.45) is 7.46. The fraction of sp³-hybridized carbons (Fsp3) is 0.250. The number of nitrogens with zero attached hydrogens (tertiary/aromatic N) is 7. The van der Waals surface area contributed by atoms with Crippen LogP contribution in [0.1, 0.15) is 12.8 Å². The molecule has 0 N–H and O–H groups in total. The fourth-order valence-electron chi connectivity index (χ4n) is 3.76. The van der Waals surface area contributed by atoms with E-state index in [-0.39, 0.29) is 11.6 Å². The molecule has 4 aromatic heterocycles. The van der Waals surface area contributed by atoms with Crippen LogP contribution in [0.15, 0.2) is 65.8 Å². The van der Waals surface area contributed by atoms with E-state index in [0.29, 0.717) is 6.54 Å². The minimum Gasteiger partial charge on any atom is -0.336 e. The summed E-state index contributed by atoms with van der Waals surface area (Å²) in [4.78, 5) is 18.8. The number of pyridine rings is 2. The van der Waals surface area contributed by atoms with Crippen molar-refractivity contribution in [2.45, 2.75) is 25.4 Å². The van der Waals surface area contributed by atoms with Crippen LogP contribution < -0.4 is 10.5 Å². The summed E-state index contributed by atoms with van der Waals surface area (Å²) in [5.41, 5.74) is 2.34. The van der Waals surface area contributed by atoms with E-state index in [1.54, 1.807) is 29.2 Å². The van der Waals surface area contributed by atoms with Gasteiger partial charge in [-0.25, -0.2) is 4.68 Å². The van der Waals surface area contributed by atoms with Gasteiger partial charge in [-0.3, -0.25) is 14.2 Å². The van der Waals surface area contributed by atoms with Gasteiger partial charge in [0.25, 0.3) is 5.56 Å². The van der Waals surface area contributed by atoms with Crippen molar-refractivity contribution in [1.82, 2.24) is 29.4 Å². The molecule has 5 heterocycles. The lowest BCUT2D eigenvalue weighted by Gasteiger charge is -2.24. The van der Waals surface area contributed by atoms with Crippen molar-refractivity contribution in [3.8, 4) is 11.3 Å². The monoisotopic (exact) mass is 373 g/mol. The van der Waals surface area contributed by atoms with Gasteiger partial charge in [0.2, 0.25) is 5.95 Å². The highest BCUT2D eigenvalue weighted by Gasteiger charge is 2.29. The molecule has 5 rings (SSSR count). The Bertz CT molecular complexity index is 1170. The Morgan fingerprint density at radius 1 is 1.07 bits per heavy atom. The Morgan fingerprint density at radius 3 is 2.93 bits per heavy atom. The van der Waals surface area contributed by atoms with Gasteiger partial charge < -0.3 is 4.90 Å². The van der Waals surface area contributed by atoms with Crippen molar-refractivity contribution in [2.24, 2.45) is 0 Å². The van der Waals surface area contributed by atoms with E-state index in [9.17, 15) is 4.79 Å². The third-order valence-corrected chi connectivity index (χ3v) is 5.14. The standard InChI is InChI=1S/C20H19N7O/c28-19-9-8-17(15-5-3-10-21-13-15)24-27(19)14-16-6-4-12-25(16)20-23-22-18-7-1-2-11-26(18)20/h1-3,5,7-11,13,16H,4,6,12,14H2. The Balaban J connectivity index is 1.46. The van der Waals surface area contributed by atoms with Crippen molar-refractivity contribution in [3.05, 3.63) is 71.4 Å². The molecule has 0 aliphatic carbocycles. The summed E-state index contributed by atoms with van der Waals surface area (Å²) < 4.78 is 3.54. The zero-order valence-electron chi connectivity index (χ0n) is 15.2. The SMILES string of the molecule is O=c1ccc(-c2cccnc2)nn1CC1CCCN1c1nnc2ccccn12. The van der Waals surface area contributed by atoms with Gasteiger partial charge in [-0.2, -0.15) is 5.10 Å². The lowest BCUT2D eigenvalue weighted by atomic mass is 10.2. The highest BCUT2D eigenvalue weighted by molar-refractivity contribution is 5.56. The Morgan fingerprint density at radius 2 is 2.04 bits per heavy atom. The normalized spacial score (nSPS) is 16.7. The summed E-state index contributed by atoms with van der Waals surface area (Å²) in [5, 5.41) is 13.2. The average Bonchev–Trinajstić information content (AvgIpc) is 3.37. The third-order valence-electron chi connectivity index (χ3n) is 5.14. The van der Waals surface area contributed by atoms with Crippen LogP contribution in [0, 0.1) is 0 Å². The maximum atomic E-state index is 12.4. The van der Waals surface area contributed by atoms with Crippen LogP contribution in [0.5, 0.6) is 0 Å². The van der Waals surface area contributed by atoms with E-state index in [1.165, 1.54) is 0 Å². The first-order valence-electron chi connectivity index (χ1n) is 9.34. The molecule has 1 saturated heterocycles. The molecule has 4 aromatic rings. The van der Waals surface area contributed by atoms with Crippen LogP contribution in [0.3, 0.4) is 0 Å².